The van der Waals surface area contributed by atoms with Crippen molar-refractivity contribution >= 4 is 17.6 Å². The standard InChI is InChI=1S/C17H21NO4/c1-6-10-22-11-15(19)18(14(4)17(20)21-5)16-12(2)8-7-9-13(16)3/h1,7-9,14H,10-11H2,2-5H3. The van der Waals surface area contributed by atoms with Gasteiger partial charge in [-0.1, -0.05) is 24.1 Å². The number of carbonyl (C=O) groups is 2. The van der Waals surface area contributed by atoms with Crippen LogP contribution in [0.25, 0.3) is 0 Å². The van der Waals surface area contributed by atoms with Crippen LogP contribution in [0.5, 0.6) is 0 Å². The third kappa shape index (κ3) is 4.09. The highest BCUT2D eigenvalue weighted by molar-refractivity contribution is 6.01. The Hall–Kier alpha value is -2.32. The second kappa shape index (κ2) is 8.20. The van der Waals surface area contributed by atoms with Gasteiger partial charge in [0.25, 0.3) is 5.91 Å². The molecule has 0 saturated carbocycles. The Morgan fingerprint density at radius 3 is 2.41 bits per heavy atom. The molecule has 1 amide bonds. The fourth-order valence-corrected chi connectivity index (χ4v) is 2.26. The highest BCUT2D eigenvalue weighted by Crippen LogP contribution is 2.27. The van der Waals surface area contributed by atoms with Gasteiger partial charge >= 0.3 is 5.97 Å². The van der Waals surface area contributed by atoms with Gasteiger partial charge < -0.3 is 9.47 Å². The van der Waals surface area contributed by atoms with E-state index in [0.29, 0.717) is 5.69 Å². The number of amides is 1. The van der Waals surface area contributed by atoms with Crippen LogP contribution in [0.4, 0.5) is 5.69 Å². The summed E-state index contributed by atoms with van der Waals surface area (Å²) in [5.74, 6) is 1.47. The maximum absolute atomic E-state index is 12.5. The van der Waals surface area contributed by atoms with Gasteiger partial charge in [-0.2, -0.15) is 0 Å². The minimum absolute atomic E-state index is 0.0406. The lowest BCUT2D eigenvalue weighted by atomic mass is 10.1. The molecule has 0 aliphatic heterocycles. The van der Waals surface area contributed by atoms with Gasteiger partial charge in [-0.15, -0.1) is 6.42 Å². The number of carbonyl (C=O) groups excluding carboxylic acids is 2. The van der Waals surface area contributed by atoms with Crippen LogP contribution in [0.1, 0.15) is 18.1 Å². The first-order chi connectivity index (χ1) is 10.4. The van der Waals surface area contributed by atoms with Crippen LogP contribution in [-0.4, -0.2) is 38.2 Å². The number of anilines is 1. The first-order valence-corrected chi connectivity index (χ1v) is 6.91. The van der Waals surface area contributed by atoms with Crippen molar-refractivity contribution in [3.63, 3.8) is 0 Å². The number of benzene rings is 1. The van der Waals surface area contributed by atoms with Crippen LogP contribution in [0, 0.1) is 26.2 Å². The van der Waals surface area contributed by atoms with E-state index in [4.69, 9.17) is 15.9 Å². The highest BCUT2D eigenvalue weighted by Gasteiger charge is 2.30. The third-order valence-electron chi connectivity index (χ3n) is 3.29. The van der Waals surface area contributed by atoms with Crippen molar-refractivity contribution in [3.8, 4) is 12.3 Å². The van der Waals surface area contributed by atoms with Crippen LogP contribution >= 0.6 is 0 Å². The molecular formula is C17H21NO4. The van der Waals surface area contributed by atoms with E-state index in [2.05, 4.69) is 5.92 Å². The van der Waals surface area contributed by atoms with Gasteiger partial charge in [-0.05, 0) is 31.9 Å². The predicted octanol–water partition coefficient (Wildman–Crippen LogP) is 1.85. The predicted molar refractivity (Wildman–Crippen MR) is 84.5 cm³/mol. The van der Waals surface area contributed by atoms with Crippen LogP contribution < -0.4 is 4.90 Å². The minimum Gasteiger partial charge on any atom is -0.467 e. The Morgan fingerprint density at radius 2 is 1.91 bits per heavy atom. The van der Waals surface area contributed by atoms with Gasteiger partial charge in [-0.25, -0.2) is 4.79 Å². The monoisotopic (exact) mass is 303 g/mol. The topological polar surface area (TPSA) is 55.8 Å². The van der Waals surface area contributed by atoms with E-state index in [9.17, 15) is 9.59 Å². The maximum Gasteiger partial charge on any atom is 0.328 e. The zero-order chi connectivity index (χ0) is 16.7. The first-order valence-electron chi connectivity index (χ1n) is 6.91. The average Bonchev–Trinajstić information content (AvgIpc) is 2.49. The second-order valence-electron chi connectivity index (χ2n) is 4.90. The minimum atomic E-state index is -0.758. The van der Waals surface area contributed by atoms with Crippen molar-refractivity contribution < 1.29 is 19.1 Å². The molecule has 5 nitrogen and oxygen atoms in total. The number of methoxy groups -OCH3 is 1. The molecule has 0 bridgehead atoms. The van der Waals surface area contributed by atoms with Crippen molar-refractivity contribution in [2.24, 2.45) is 0 Å². The van der Waals surface area contributed by atoms with E-state index in [1.165, 1.54) is 12.0 Å². The molecule has 5 heteroatoms. The lowest BCUT2D eigenvalue weighted by Gasteiger charge is -2.30. The Balaban J connectivity index is 3.19. The molecule has 0 aliphatic rings. The van der Waals surface area contributed by atoms with Crippen molar-refractivity contribution in [1.82, 2.24) is 0 Å². The number of nitrogens with zero attached hydrogens (tertiary/aromatic N) is 1. The molecule has 0 aromatic heterocycles. The van der Waals surface area contributed by atoms with E-state index in [1.807, 2.05) is 32.0 Å². The van der Waals surface area contributed by atoms with Crippen LogP contribution in [0.2, 0.25) is 0 Å². The number of terminal acetylenes is 1. The fourth-order valence-electron chi connectivity index (χ4n) is 2.26. The highest BCUT2D eigenvalue weighted by atomic mass is 16.5. The summed E-state index contributed by atoms with van der Waals surface area (Å²) in [6.45, 7) is 5.23. The Bertz CT molecular complexity index is 569. The van der Waals surface area contributed by atoms with E-state index >= 15 is 0 Å². The normalized spacial score (nSPS) is 11.4. The molecule has 0 radical (unpaired) electrons. The molecule has 1 atom stereocenters. The zero-order valence-corrected chi connectivity index (χ0v) is 13.4. The molecule has 1 aromatic carbocycles. The summed E-state index contributed by atoms with van der Waals surface area (Å²) in [6.07, 6.45) is 5.11. The van der Waals surface area contributed by atoms with Gasteiger partial charge in [-0.3, -0.25) is 9.69 Å². The fraction of sp³-hybridized carbons (Fsp3) is 0.412. The number of esters is 1. The first kappa shape index (κ1) is 17.7. The number of para-hydroxylation sites is 1. The summed E-state index contributed by atoms with van der Waals surface area (Å²) in [6, 6.07) is 4.91. The Kier molecular flexibility index (Phi) is 6.61. The SMILES string of the molecule is C#CCOCC(=O)N(c1c(C)cccc1C)C(C)C(=O)OC. The maximum atomic E-state index is 12.5. The van der Waals surface area contributed by atoms with E-state index in [0.717, 1.165) is 11.1 Å². The largest absolute Gasteiger partial charge is 0.467 e. The molecule has 1 rings (SSSR count). The molecule has 0 N–H and O–H groups in total. The third-order valence-corrected chi connectivity index (χ3v) is 3.29. The number of hydrogen-bond donors (Lipinski definition) is 0. The van der Waals surface area contributed by atoms with Gasteiger partial charge in [0, 0.05) is 0 Å². The number of hydrogen-bond acceptors (Lipinski definition) is 4. The lowest BCUT2D eigenvalue weighted by Crippen LogP contribution is -2.46. The van der Waals surface area contributed by atoms with Gasteiger partial charge in [0.15, 0.2) is 0 Å². The van der Waals surface area contributed by atoms with Crippen LogP contribution in [0.15, 0.2) is 18.2 Å². The summed E-state index contributed by atoms with van der Waals surface area (Å²) in [4.78, 5) is 25.8. The smallest absolute Gasteiger partial charge is 0.328 e. The zero-order valence-electron chi connectivity index (χ0n) is 13.4. The van der Waals surface area contributed by atoms with Crippen molar-refractivity contribution in [3.05, 3.63) is 29.3 Å². The van der Waals surface area contributed by atoms with E-state index < -0.39 is 12.0 Å². The van der Waals surface area contributed by atoms with Crippen LogP contribution in [0.3, 0.4) is 0 Å². The summed E-state index contributed by atoms with van der Waals surface area (Å²) in [7, 11) is 1.29. The quantitative estimate of drug-likeness (QED) is 0.457. The molecule has 0 saturated heterocycles. The van der Waals surface area contributed by atoms with Gasteiger partial charge in [0.05, 0.1) is 12.8 Å². The molecule has 1 aromatic rings. The summed E-state index contributed by atoms with van der Waals surface area (Å²) >= 11 is 0. The lowest BCUT2D eigenvalue weighted by molar-refractivity contribution is -0.143. The second-order valence-corrected chi connectivity index (χ2v) is 4.90. The molecule has 0 heterocycles. The van der Waals surface area contributed by atoms with Gasteiger partial charge in [0.1, 0.15) is 19.3 Å². The molecule has 0 aliphatic carbocycles. The molecule has 0 spiro atoms. The van der Waals surface area contributed by atoms with Gasteiger partial charge in [0.2, 0.25) is 0 Å². The summed E-state index contributed by atoms with van der Waals surface area (Å²) < 4.78 is 9.87. The average molecular weight is 303 g/mol. The molecule has 22 heavy (non-hydrogen) atoms. The number of rotatable bonds is 6. The number of aryl methyl sites for hydroxylation is 2. The summed E-state index contributed by atoms with van der Waals surface area (Å²) in [5, 5.41) is 0. The van der Waals surface area contributed by atoms with Crippen molar-refractivity contribution in [2.75, 3.05) is 25.2 Å². The molecule has 1 unspecified atom stereocenters. The van der Waals surface area contributed by atoms with Crippen molar-refractivity contribution in [1.29, 1.82) is 0 Å². The summed E-state index contributed by atoms with van der Waals surface area (Å²) in [5.41, 5.74) is 2.47. The van der Waals surface area contributed by atoms with E-state index in [-0.39, 0.29) is 19.1 Å². The number of ether oxygens (including phenoxy) is 2. The Morgan fingerprint density at radius 1 is 1.32 bits per heavy atom. The Labute approximate surface area is 131 Å². The van der Waals surface area contributed by atoms with Crippen LogP contribution in [-0.2, 0) is 19.1 Å². The van der Waals surface area contributed by atoms with E-state index in [1.54, 1.807) is 6.92 Å². The molecule has 0 fully saturated rings. The molecule has 118 valence electrons. The molecular weight excluding hydrogens is 282 g/mol. The van der Waals surface area contributed by atoms with Crippen molar-refractivity contribution in [2.45, 2.75) is 26.8 Å².